The van der Waals surface area contributed by atoms with Crippen molar-refractivity contribution >= 4 is 33.0 Å². The average molecular weight is 468 g/mol. The van der Waals surface area contributed by atoms with E-state index in [0.29, 0.717) is 26.1 Å². The maximum atomic E-state index is 13.1. The van der Waals surface area contributed by atoms with E-state index < -0.39 is 25.7 Å². The highest BCUT2D eigenvalue weighted by atomic mass is 32.2. The van der Waals surface area contributed by atoms with Crippen molar-refractivity contribution < 1.29 is 22.5 Å². The summed E-state index contributed by atoms with van der Waals surface area (Å²) in [7, 11) is -3.70. The average Bonchev–Trinajstić information content (AvgIpc) is 3.49. The van der Waals surface area contributed by atoms with Crippen LogP contribution in [0.2, 0.25) is 0 Å². The highest BCUT2D eigenvalue weighted by Crippen LogP contribution is 2.48. The summed E-state index contributed by atoms with van der Waals surface area (Å²) in [4.78, 5) is 18.5. The Labute approximate surface area is 186 Å². The van der Waals surface area contributed by atoms with Gasteiger partial charge in [0.15, 0.2) is 9.84 Å². The molecule has 10 heteroatoms. The van der Waals surface area contributed by atoms with E-state index in [2.05, 4.69) is 15.5 Å². The molecule has 31 heavy (non-hydrogen) atoms. The quantitative estimate of drug-likeness (QED) is 0.691. The topological polar surface area (TPSA) is 111 Å². The lowest BCUT2D eigenvalue weighted by Crippen LogP contribution is -2.50. The van der Waals surface area contributed by atoms with Crippen LogP contribution in [0.5, 0.6) is 0 Å². The second kappa shape index (κ2) is 8.29. The number of carbonyl (C=O) groups excluding carboxylic acids is 1. The number of sulfone groups is 1. The lowest BCUT2D eigenvalue weighted by Gasteiger charge is -2.30. The summed E-state index contributed by atoms with van der Waals surface area (Å²) in [6.07, 6.45) is 6.77. The fourth-order valence-corrected chi connectivity index (χ4v) is 7.53. The zero-order chi connectivity index (χ0) is 22.3. The number of rotatable bonds is 6. The van der Waals surface area contributed by atoms with Gasteiger partial charge in [-0.1, -0.05) is 18.0 Å². The van der Waals surface area contributed by atoms with Crippen molar-refractivity contribution in [3.8, 4) is 0 Å². The van der Waals surface area contributed by atoms with Crippen LogP contribution in [0.15, 0.2) is 16.8 Å². The van der Waals surface area contributed by atoms with Crippen LogP contribution in [0.3, 0.4) is 0 Å². The zero-order valence-electron chi connectivity index (χ0n) is 18.1. The molecule has 4 rings (SSSR count). The lowest BCUT2D eigenvalue weighted by atomic mass is 9.81. The fraction of sp³-hybridized carbons (Fsp3) is 0.667. The zero-order valence-corrected chi connectivity index (χ0v) is 19.8. The molecule has 1 aliphatic carbocycles. The number of nitrogens with one attached hydrogen (secondary N) is 1. The SMILES string of the molecule is Cc1ncc(C2(c3cc(NC(=O)C(C)(C)S(=O)(=O)C4CCOCC4)on3)CCCC2)s1. The minimum absolute atomic E-state index is 0.169. The van der Waals surface area contributed by atoms with Gasteiger partial charge >= 0.3 is 0 Å². The van der Waals surface area contributed by atoms with Crippen molar-refractivity contribution in [2.24, 2.45) is 0 Å². The number of carbonyl (C=O) groups is 1. The van der Waals surface area contributed by atoms with Crippen molar-refractivity contribution in [1.29, 1.82) is 0 Å². The summed E-state index contributed by atoms with van der Waals surface area (Å²) in [6.45, 7) is 5.66. The van der Waals surface area contributed by atoms with E-state index >= 15 is 0 Å². The molecule has 1 amide bonds. The number of anilines is 1. The lowest BCUT2D eigenvalue weighted by molar-refractivity contribution is -0.118. The normalized spacial score (nSPS) is 20.1. The summed E-state index contributed by atoms with van der Waals surface area (Å²) in [5.41, 5.74) is 0.497. The van der Waals surface area contributed by atoms with Crippen LogP contribution in [-0.4, -0.2) is 47.7 Å². The summed E-state index contributed by atoms with van der Waals surface area (Å²) in [6, 6.07) is 1.73. The Morgan fingerprint density at radius 3 is 2.55 bits per heavy atom. The summed E-state index contributed by atoms with van der Waals surface area (Å²) in [5.74, 6) is -0.446. The number of hydrogen-bond donors (Lipinski definition) is 1. The predicted molar refractivity (Wildman–Crippen MR) is 118 cm³/mol. The van der Waals surface area contributed by atoms with Gasteiger partial charge in [-0.25, -0.2) is 13.4 Å². The molecule has 3 heterocycles. The molecule has 0 atom stereocenters. The predicted octanol–water partition coefficient (Wildman–Crippen LogP) is 3.61. The number of ether oxygens (including phenoxy) is 1. The summed E-state index contributed by atoms with van der Waals surface area (Å²) in [5, 5.41) is 7.34. The molecule has 170 valence electrons. The molecular weight excluding hydrogens is 438 g/mol. The number of amides is 1. The number of hydrogen-bond acceptors (Lipinski definition) is 8. The van der Waals surface area contributed by atoms with Crippen LogP contribution in [0.25, 0.3) is 0 Å². The largest absolute Gasteiger partial charge is 0.381 e. The van der Waals surface area contributed by atoms with Gasteiger partial charge in [-0.3, -0.25) is 10.1 Å². The first kappa shape index (κ1) is 22.4. The Hall–Kier alpha value is -1.78. The van der Waals surface area contributed by atoms with E-state index in [-0.39, 0.29) is 11.3 Å². The molecule has 0 unspecified atom stereocenters. The van der Waals surface area contributed by atoms with Crippen LogP contribution in [0.4, 0.5) is 5.88 Å². The first-order chi connectivity index (χ1) is 14.7. The molecule has 0 aromatic carbocycles. The maximum absolute atomic E-state index is 13.1. The highest BCUT2D eigenvalue weighted by molar-refractivity contribution is 7.94. The first-order valence-corrected chi connectivity index (χ1v) is 13.1. The van der Waals surface area contributed by atoms with Gasteiger partial charge in [0.25, 0.3) is 0 Å². The molecule has 1 saturated heterocycles. The minimum Gasteiger partial charge on any atom is -0.381 e. The Bertz CT molecular complexity index is 1040. The number of nitrogens with zero attached hydrogens (tertiary/aromatic N) is 2. The molecule has 2 aliphatic rings. The van der Waals surface area contributed by atoms with Crippen molar-refractivity contribution in [2.45, 2.75) is 74.7 Å². The Morgan fingerprint density at radius 1 is 1.26 bits per heavy atom. The van der Waals surface area contributed by atoms with Gasteiger partial charge in [0.2, 0.25) is 11.8 Å². The maximum Gasteiger partial charge on any atom is 0.247 e. The van der Waals surface area contributed by atoms with E-state index in [9.17, 15) is 13.2 Å². The van der Waals surface area contributed by atoms with Crippen LogP contribution >= 0.6 is 11.3 Å². The third-order valence-corrected chi connectivity index (χ3v) is 10.7. The molecule has 0 radical (unpaired) electrons. The van der Waals surface area contributed by atoms with Gasteiger partial charge in [-0.15, -0.1) is 11.3 Å². The van der Waals surface area contributed by atoms with E-state index in [1.165, 1.54) is 13.8 Å². The molecule has 1 aliphatic heterocycles. The van der Waals surface area contributed by atoms with Crippen LogP contribution in [0, 0.1) is 6.92 Å². The smallest absolute Gasteiger partial charge is 0.247 e. The van der Waals surface area contributed by atoms with Gasteiger partial charge in [0, 0.05) is 30.4 Å². The molecule has 2 aromatic heterocycles. The molecule has 1 saturated carbocycles. The number of thiazole rings is 1. The number of aromatic nitrogens is 2. The summed E-state index contributed by atoms with van der Waals surface area (Å²) >= 11 is 1.66. The van der Waals surface area contributed by atoms with Crippen molar-refractivity contribution in [3.63, 3.8) is 0 Å². The Morgan fingerprint density at radius 2 is 1.94 bits per heavy atom. The van der Waals surface area contributed by atoms with Crippen molar-refractivity contribution in [1.82, 2.24) is 10.1 Å². The molecular formula is C21H29N3O5S2. The standard InChI is InChI=1S/C21H29N3O5S2/c1-14-22-13-17(30-14)21(8-4-5-9-21)16-12-18(29-24-16)23-19(25)20(2,3)31(26,27)15-6-10-28-11-7-15/h12-13,15H,4-11H2,1-3H3,(H,23,25). The molecule has 8 nitrogen and oxygen atoms in total. The second-order valence-electron chi connectivity index (χ2n) is 8.93. The van der Waals surface area contributed by atoms with E-state index in [1.54, 1.807) is 17.4 Å². The van der Waals surface area contributed by atoms with Crippen molar-refractivity contribution in [3.05, 3.63) is 27.8 Å². The second-order valence-corrected chi connectivity index (χ2v) is 12.9. The van der Waals surface area contributed by atoms with Crippen LogP contribution in [0.1, 0.15) is 68.0 Å². The third-order valence-electron chi connectivity index (χ3n) is 6.65. The van der Waals surface area contributed by atoms with Gasteiger partial charge in [0.1, 0.15) is 4.75 Å². The Kier molecular flexibility index (Phi) is 5.99. The monoisotopic (exact) mass is 467 g/mol. The first-order valence-electron chi connectivity index (χ1n) is 10.7. The molecule has 2 aromatic rings. The van der Waals surface area contributed by atoms with Gasteiger partial charge < -0.3 is 9.26 Å². The molecule has 0 spiro atoms. The summed E-state index contributed by atoms with van der Waals surface area (Å²) < 4.78 is 35.4. The molecule has 2 fully saturated rings. The van der Waals surface area contributed by atoms with E-state index in [1.807, 2.05) is 13.1 Å². The van der Waals surface area contributed by atoms with Crippen LogP contribution in [-0.2, 0) is 24.8 Å². The fourth-order valence-electron chi connectivity index (χ4n) is 4.54. The van der Waals surface area contributed by atoms with E-state index in [4.69, 9.17) is 9.26 Å². The van der Waals surface area contributed by atoms with E-state index in [0.717, 1.165) is 41.3 Å². The van der Waals surface area contributed by atoms with Gasteiger partial charge in [-0.05, 0) is 46.5 Å². The number of aryl methyl sites for hydroxylation is 1. The van der Waals surface area contributed by atoms with Crippen molar-refractivity contribution in [2.75, 3.05) is 18.5 Å². The Balaban J connectivity index is 1.55. The third kappa shape index (κ3) is 3.93. The van der Waals surface area contributed by atoms with Gasteiger partial charge in [0.05, 0.1) is 21.4 Å². The minimum atomic E-state index is -3.70. The molecule has 1 N–H and O–H groups in total. The van der Waals surface area contributed by atoms with Gasteiger partial charge in [-0.2, -0.15) is 0 Å². The highest BCUT2D eigenvalue weighted by Gasteiger charge is 2.47. The van der Waals surface area contributed by atoms with Crippen LogP contribution < -0.4 is 5.32 Å². The molecule has 0 bridgehead atoms.